The highest BCUT2D eigenvalue weighted by molar-refractivity contribution is 5.77. The van der Waals surface area contributed by atoms with Gasteiger partial charge in [-0.05, 0) is 31.5 Å². The van der Waals surface area contributed by atoms with Crippen LogP contribution in [0.25, 0.3) is 0 Å². The average molecular weight is 305 g/mol. The van der Waals surface area contributed by atoms with Crippen LogP contribution < -0.4 is 10.5 Å². The van der Waals surface area contributed by atoms with Gasteiger partial charge in [-0.3, -0.25) is 4.79 Å². The fourth-order valence-corrected chi connectivity index (χ4v) is 1.96. The molecular weight excluding hydrogens is 287 g/mol. The van der Waals surface area contributed by atoms with Crippen molar-refractivity contribution in [2.45, 2.75) is 26.1 Å². The van der Waals surface area contributed by atoms with E-state index in [0.717, 1.165) is 13.2 Å². The van der Waals surface area contributed by atoms with Crippen molar-refractivity contribution in [3.63, 3.8) is 0 Å². The molecule has 0 saturated carbocycles. The minimum Gasteiger partial charge on any atom is -0.497 e. The van der Waals surface area contributed by atoms with Crippen LogP contribution in [0.2, 0.25) is 0 Å². The molecule has 0 bridgehead atoms. The van der Waals surface area contributed by atoms with Crippen LogP contribution >= 0.6 is 0 Å². The summed E-state index contributed by atoms with van der Waals surface area (Å²) in [6.45, 7) is 2.88. The number of carbonyl (C=O) groups excluding carboxylic acids is 1. The van der Waals surface area contributed by atoms with E-state index in [0.29, 0.717) is 0 Å². The molecule has 7 heteroatoms. The van der Waals surface area contributed by atoms with Crippen LogP contribution in [0.3, 0.4) is 0 Å². The second kappa shape index (κ2) is 5.93. The third-order valence-electron chi connectivity index (χ3n) is 3.39. The third-order valence-corrected chi connectivity index (χ3v) is 3.39. The van der Waals surface area contributed by atoms with Crippen LogP contribution in [0, 0.1) is 5.41 Å². The summed E-state index contributed by atoms with van der Waals surface area (Å²) in [5.41, 5.74) is 3.49. The van der Waals surface area contributed by atoms with Crippen LogP contribution in [0.4, 0.5) is 13.2 Å². The lowest BCUT2D eigenvalue weighted by molar-refractivity contribution is -0.153. The molecule has 1 rings (SSSR count). The van der Waals surface area contributed by atoms with Crippen LogP contribution in [-0.4, -0.2) is 20.2 Å². The molecule has 0 heterocycles. The standard InChI is InChI=1S/C14H18F3NO3/c1-13(2,12(19)21-4)11(18)9-6-5-8(20-3)7-10(9)14(15,16)17/h5-7,11H,18H2,1-4H3/t11-/m0/s1. The summed E-state index contributed by atoms with van der Waals surface area (Å²) < 4.78 is 48.9. The van der Waals surface area contributed by atoms with Crippen molar-refractivity contribution in [2.24, 2.45) is 11.1 Å². The molecule has 0 fully saturated rings. The van der Waals surface area contributed by atoms with Crippen molar-refractivity contribution >= 4 is 5.97 Å². The van der Waals surface area contributed by atoms with E-state index in [4.69, 9.17) is 10.5 Å². The average Bonchev–Trinajstić information content (AvgIpc) is 2.43. The van der Waals surface area contributed by atoms with Gasteiger partial charge < -0.3 is 15.2 Å². The maximum Gasteiger partial charge on any atom is 0.416 e. The van der Waals surface area contributed by atoms with E-state index in [-0.39, 0.29) is 11.3 Å². The first-order chi connectivity index (χ1) is 9.55. The molecule has 1 aromatic carbocycles. The first-order valence-corrected chi connectivity index (χ1v) is 6.14. The van der Waals surface area contributed by atoms with E-state index in [1.54, 1.807) is 0 Å². The number of ether oxygens (including phenoxy) is 2. The topological polar surface area (TPSA) is 61.5 Å². The second-order valence-corrected chi connectivity index (χ2v) is 5.14. The second-order valence-electron chi connectivity index (χ2n) is 5.14. The zero-order valence-corrected chi connectivity index (χ0v) is 12.2. The van der Waals surface area contributed by atoms with Crippen molar-refractivity contribution in [3.05, 3.63) is 29.3 Å². The largest absolute Gasteiger partial charge is 0.497 e. The molecule has 0 spiro atoms. The van der Waals surface area contributed by atoms with Gasteiger partial charge >= 0.3 is 12.1 Å². The summed E-state index contributed by atoms with van der Waals surface area (Å²) >= 11 is 0. The zero-order valence-electron chi connectivity index (χ0n) is 12.2. The van der Waals surface area contributed by atoms with Gasteiger partial charge in [-0.2, -0.15) is 13.2 Å². The minimum absolute atomic E-state index is 0.0640. The molecule has 0 radical (unpaired) electrons. The van der Waals surface area contributed by atoms with Gasteiger partial charge in [0.05, 0.1) is 25.2 Å². The molecule has 1 aromatic rings. The molecule has 21 heavy (non-hydrogen) atoms. The van der Waals surface area contributed by atoms with Gasteiger partial charge in [0, 0.05) is 6.04 Å². The number of esters is 1. The lowest BCUT2D eigenvalue weighted by atomic mass is 9.79. The summed E-state index contributed by atoms with van der Waals surface area (Å²) in [6, 6.07) is 2.28. The molecule has 0 aliphatic rings. The number of alkyl halides is 3. The van der Waals surface area contributed by atoms with Crippen LogP contribution in [0.15, 0.2) is 18.2 Å². The first kappa shape index (κ1) is 17.3. The molecular formula is C14H18F3NO3. The van der Waals surface area contributed by atoms with Crippen LogP contribution in [0.5, 0.6) is 5.75 Å². The molecule has 0 unspecified atom stereocenters. The number of nitrogens with two attached hydrogens (primary N) is 1. The van der Waals surface area contributed by atoms with E-state index in [9.17, 15) is 18.0 Å². The Labute approximate surface area is 121 Å². The lowest BCUT2D eigenvalue weighted by Gasteiger charge is -2.30. The number of hydrogen-bond donors (Lipinski definition) is 1. The minimum atomic E-state index is -4.60. The Bertz CT molecular complexity index is 527. The Balaban J connectivity index is 3.39. The predicted octanol–water partition coefficient (Wildman–Crippen LogP) is 2.91. The highest BCUT2D eigenvalue weighted by atomic mass is 19.4. The maximum absolute atomic E-state index is 13.2. The molecule has 0 aliphatic heterocycles. The molecule has 2 N–H and O–H groups in total. The highest BCUT2D eigenvalue weighted by Crippen LogP contribution is 2.41. The number of carbonyl (C=O) groups is 1. The smallest absolute Gasteiger partial charge is 0.416 e. The predicted molar refractivity (Wildman–Crippen MR) is 70.7 cm³/mol. The molecule has 4 nitrogen and oxygen atoms in total. The molecule has 118 valence electrons. The Morgan fingerprint density at radius 1 is 1.24 bits per heavy atom. The van der Waals surface area contributed by atoms with Gasteiger partial charge in [0.2, 0.25) is 0 Å². The van der Waals surface area contributed by atoms with Crippen molar-refractivity contribution in [1.29, 1.82) is 0 Å². The van der Waals surface area contributed by atoms with Crippen LogP contribution in [0.1, 0.15) is 31.0 Å². The number of rotatable bonds is 4. The summed E-state index contributed by atoms with van der Waals surface area (Å²) in [7, 11) is 2.43. The quantitative estimate of drug-likeness (QED) is 0.869. The van der Waals surface area contributed by atoms with Gasteiger partial charge in [-0.1, -0.05) is 6.07 Å². The summed E-state index contributed by atoms with van der Waals surface area (Å²) in [5, 5.41) is 0. The Morgan fingerprint density at radius 3 is 2.24 bits per heavy atom. The number of hydrogen-bond acceptors (Lipinski definition) is 4. The van der Waals surface area contributed by atoms with Gasteiger partial charge in [0.15, 0.2) is 0 Å². The maximum atomic E-state index is 13.2. The SMILES string of the molecule is COC(=O)C(C)(C)[C@@H](N)c1ccc(OC)cc1C(F)(F)F. The fourth-order valence-electron chi connectivity index (χ4n) is 1.96. The molecule has 0 aromatic heterocycles. The first-order valence-electron chi connectivity index (χ1n) is 6.14. The summed E-state index contributed by atoms with van der Waals surface area (Å²) in [4.78, 5) is 11.7. The van der Waals surface area contributed by atoms with Crippen molar-refractivity contribution in [1.82, 2.24) is 0 Å². The van der Waals surface area contributed by atoms with E-state index in [1.165, 1.54) is 33.1 Å². The van der Waals surface area contributed by atoms with Crippen molar-refractivity contribution < 1.29 is 27.4 Å². The Morgan fingerprint density at radius 2 is 1.81 bits per heavy atom. The number of benzene rings is 1. The van der Waals surface area contributed by atoms with Crippen LogP contribution in [-0.2, 0) is 15.7 Å². The highest BCUT2D eigenvalue weighted by Gasteiger charge is 2.42. The van der Waals surface area contributed by atoms with E-state index in [1.807, 2.05) is 0 Å². The Kier molecular flexibility index (Phi) is 4.88. The summed E-state index contributed by atoms with van der Waals surface area (Å²) in [5.74, 6) is -0.618. The van der Waals surface area contributed by atoms with E-state index < -0.39 is 29.2 Å². The molecule has 1 atom stereocenters. The third kappa shape index (κ3) is 3.47. The normalized spacial score (nSPS) is 13.7. The van der Waals surface area contributed by atoms with Crippen molar-refractivity contribution in [2.75, 3.05) is 14.2 Å². The lowest BCUT2D eigenvalue weighted by Crippen LogP contribution is -2.38. The monoisotopic (exact) mass is 305 g/mol. The Hall–Kier alpha value is -1.76. The fraction of sp³-hybridized carbons (Fsp3) is 0.500. The zero-order chi connectivity index (χ0) is 16.4. The van der Waals surface area contributed by atoms with Gasteiger partial charge in [-0.25, -0.2) is 0 Å². The van der Waals surface area contributed by atoms with Gasteiger partial charge in [0.25, 0.3) is 0 Å². The van der Waals surface area contributed by atoms with E-state index >= 15 is 0 Å². The number of methoxy groups -OCH3 is 2. The number of halogens is 3. The molecule has 0 saturated heterocycles. The van der Waals surface area contributed by atoms with E-state index in [2.05, 4.69) is 4.74 Å². The van der Waals surface area contributed by atoms with Gasteiger partial charge in [-0.15, -0.1) is 0 Å². The summed E-state index contributed by atoms with van der Waals surface area (Å²) in [6.07, 6.45) is -4.60. The van der Waals surface area contributed by atoms with Gasteiger partial charge in [0.1, 0.15) is 5.75 Å². The molecule has 0 amide bonds. The van der Waals surface area contributed by atoms with Crippen molar-refractivity contribution in [3.8, 4) is 5.75 Å². The molecule has 0 aliphatic carbocycles.